The summed E-state index contributed by atoms with van der Waals surface area (Å²) in [5.74, 6) is -0.201. The van der Waals surface area contributed by atoms with E-state index >= 15 is 0 Å². The minimum Gasteiger partial charge on any atom is -0.326 e. The van der Waals surface area contributed by atoms with Crippen LogP contribution >= 0.6 is 27.7 Å². The van der Waals surface area contributed by atoms with Crippen LogP contribution in [0.5, 0.6) is 0 Å². The minimum absolute atomic E-state index is 0.0828. The van der Waals surface area contributed by atoms with E-state index in [1.165, 1.54) is 6.92 Å². The molecule has 0 bridgehead atoms. The third-order valence-electron chi connectivity index (χ3n) is 3.83. The van der Waals surface area contributed by atoms with E-state index in [9.17, 15) is 9.59 Å². The number of carbonyl (C=O) groups is 2. The van der Waals surface area contributed by atoms with Gasteiger partial charge in [0.25, 0.3) is 0 Å². The Balaban J connectivity index is 1.53. The molecule has 0 unspecified atom stereocenters. The predicted octanol–water partition coefficient (Wildman–Crippen LogP) is 5.74. The Morgan fingerprint density at radius 1 is 0.786 bits per heavy atom. The summed E-state index contributed by atoms with van der Waals surface area (Å²) in [5.41, 5.74) is 2.37. The number of nitrogens with one attached hydrogen (secondary N) is 2. The smallest absolute Gasteiger partial charge is 0.228 e. The van der Waals surface area contributed by atoms with Gasteiger partial charge in [0.1, 0.15) is 0 Å². The molecule has 28 heavy (non-hydrogen) atoms. The molecule has 3 aromatic rings. The lowest BCUT2D eigenvalue weighted by molar-refractivity contribution is -0.116. The van der Waals surface area contributed by atoms with E-state index in [1.54, 1.807) is 23.9 Å². The molecule has 2 N–H and O–H groups in total. The van der Waals surface area contributed by atoms with E-state index in [0.29, 0.717) is 0 Å². The van der Waals surface area contributed by atoms with Crippen molar-refractivity contribution in [1.29, 1.82) is 0 Å². The highest BCUT2D eigenvalue weighted by atomic mass is 79.9. The van der Waals surface area contributed by atoms with Gasteiger partial charge in [-0.3, -0.25) is 9.59 Å². The summed E-state index contributed by atoms with van der Waals surface area (Å²) in [7, 11) is 0. The van der Waals surface area contributed by atoms with Crippen LogP contribution in [0.4, 0.5) is 11.4 Å². The Bertz CT molecular complexity index is 955. The molecule has 2 amide bonds. The second-order valence-corrected chi connectivity index (χ2v) is 8.25. The number of hydrogen-bond donors (Lipinski definition) is 2. The SMILES string of the molecule is CC(=O)Nc1ccc(CC(=O)Nc2ccc(Sc3ccc(Br)cc3)cc2)cc1. The van der Waals surface area contributed by atoms with Crippen molar-refractivity contribution >= 4 is 50.9 Å². The molecule has 4 nitrogen and oxygen atoms in total. The zero-order valence-electron chi connectivity index (χ0n) is 15.2. The molecular weight excluding hydrogens is 436 g/mol. The van der Waals surface area contributed by atoms with Gasteiger partial charge in [-0.2, -0.15) is 0 Å². The molecule has 142 valence electrons. The Morgan fingerprint density at radius 3 is 1.86 bits per heavy atom. The minimum atomic E-state index is -0.118. The van der Waals surface area contributed by atoms with Gasteiger partial charge in [0.15, 0.2) is 0 Å². The van der Waals surface area contributed by atoms with Gasteiger partial charge < -0.3 is 10.6 Å². The van der Waals surface area contributed by atoms with Crippen molar-refractivity contribution in [2.24, 2.45) is 0 Å². The van der Waals surface area contributed by atoms with E-state index in [2.05, 4.69) is 38.7 Å². The predicted molar refractivity (Wildman–Crippen MR) is 118 cm³/mol. The third kappa shape index (κ3) is 6.25. The molecule has 0 aliphatic carbocycles. The van der Waals surface area contributed by atoms with Gasteiger partial charge in [-0.25, -0.2) is 0 Å². The van der Waals surface area contributed by atoms with Gasteiger partial charge in [0.05, 0.1) is 6.42 Å². The molecule has 0 aliphatic rings. The largest absolute Gasteiger partial charge is 0.326 e. The standard InChI is InChI=1S/C22H19BrN2O2S/c1-15(26)24-18-6-2-16(3-7-18)14-22(27)25-19-8-12-21(13-9-19)28-20-10-4-17(23)5-11-20/h2-13H,14H2,1H3,(H,24,26)(H,25,27). The van der Waals surface area contributed by atoms with E-state index in [4.69, 9.17) is 0 Å². The molecule has 6 heteroatoms. The Hall–Kier alpha value is -2.57. The number of hydrogen-bond acceptors (Lipinski definition) is 3. The highest BCUT2D eigenvalue weighted by Crippen LogP contribution is 2.29. The fourth-order valence-corrected chi connectivity index (χ4v) is 3.63. The zero-order chi connectivity index (χ0) is 19.9. The molecule has 3 rings (SSSR count). The molecule has 0 radical (unpaired) electrons. The van der Waals surface area contributed by atoms with Gasteiger partial charge in [0, 0.05) is 32.6 Å². The first-order chi connectivity index (χ1) is 13.5. The maximum Gasteiger partial charge on any atom is 0.228 e. The van der Waals surface area contributed by atoms with Gasteiger partial charge in [0.2, 0.25) is 11.8 Å². The van der Waals surface area contributed by atoms with Crippen molar-refractivity contribution in [3.63, 3.8) is 0 Å². The number of anilines is 2. The summed E-state index contributed by atoms with van der Waals surface area (Å²) < 4.78 is 1.06. The summed E-state index contributed by atoms with van der Waals surface area (Å²) in [5, 5.41) is 5.62. The lowest BCUT2D eigenvalue weighted by Gasteiger charge is -2.08. The van der Waals surface area contributed by atoms with Crippen LogP contribution in [0.15, 0.2) is 87.1 Å². The lowest BCUT2D eigenvalue weighted by Crippen LogP contribution is -2.14. The molecule has 0 aromatic heterocycles. The molecule has 0 aliphatic heterocycles. The third-order valence-corrected chi connectivity index (χ3v) is 5.37. The first-order valence-corrected chi connectivity index (χ1v) is 10.3. The van der Waals surface area contributed by atoms with E-state index in [1.807, 2.05) is 48.5 Å². The van der Waals surface area contributed by atoms with Crippen LogP contribution in [0.25, 0.3) is 0 Å². The summed E-state index contributed by atoms with van der Waals surface area (Å²) in [6, 6.07) is 23.2. The summed E-state index contributed by atoms with van der Waals surface area (Å²) in [6.45, 7) is 1.46. The maximum atomic E-state index is 12.3. The monoisotopic (exact) mass is 454 g/mol. The normalized spacial score (nSPS) is 10.4. The zero-order valence-corrected chi connectivity index (χ0v) is 17.6. The fraction of sp³-hybridized carbons (Fsp3) is 0.0909. The van der Waals surface area contributed by atoms with Gasteiger partial charge in [-0.05, 0) is 66.2 Å². The van der Waals surface area contributed by atoms with E-state index in [0.717, 1.165) is 31.2 Å². The van der Waals surface area contributed by atoms with Crippen LogP contribution in [-0.2, 0) is 16.0 Å². The van der Waals surface area contributed by atoms with Gasteiger partial charge >= 0.3 is 0 Å². The fourth-order valence-electron chi connectivity index (χ4n) is 2.54. The first kappa shape index (κ1) is 20.2. The van der Waals surface area contributed by atoms with Crippen LogP contribution in [0.3, 0.4) is 0 Å². The Labute approximate surface area is 176 Å². The highest BCUT2D eigenvalue weighted by Gasteiger charge is 2.05. The number of rotatable bonds is 6. The van der Waals surface area contributed by atoms with Crippen molar-refractivity contribution < 1.29 is 9.59 Å². The summed E-state index contributed by atoms with van der Waals surface area (Å²) in [6.07, 6.45) is 0.274. The van der Waals surface area contributed by atoms with Crippen LogP contribution in [0.1, 0.15) is 12.5 Å². The van der Waals surface area contributed by atoms with Crippen molar-refractivity contribution in [1.82, 2.24) is 0 Å². The average molecular weight is 455 g/mol. The second-order valence-electron chi connectivity index (χ2n) is 6.18. The number of carbonyl (C=O) groups excluding carboxylic acids is 2. The Kier molecular flexibility index (Phi) is 6.90. The van der Waals surface area contributed by atoms with Crippen molar-refractivity contribution in [2.75, 3.05) is 10.6 Å². The molecule has 0 saturated carbocycles. The molecule has 0 atom stereocenters. The van der Waals surface area contributed by atoms with E-state index < -0.39 is 0 Å². The summed E-state index contributed by atoms with van der Waals surface area (Å²) in [4.78, 5) is 25.6. The topological polar surface area (TPSA) is 58.2 Å². The van der Waals surface area contributed by atoms with E-state index in [-0.39, 0.29) is 18.2 Å². The Morgan fingerprint density at radius 2 is 1.29 bits per heavy atom. The molecule has 3 aromatic carbocycles. The molecule has 0 saturated heterocycles. The van der Waals surface area contributed by atoms with Crippen LogP contribution < -0.4 is 10.6 Å². The number of amides is 2. The van der Waals surface area contributed by atoms with Gasteiger partial charge in [-0.15, -0.1) is 0 Å². The number of halogens is 1. The van der Waals surface area contributed by atoms with Crippen LogP contribution in [-0.4, -0.2) is 11.8 Å². The van der Waals surface area contributed by atoms with Crippen LogP contribution in [0, 0.1) is 0 Å². The lowest BCUT2D eigenvalue weighted by atomic mass is 10.1. The quantitative estimate of drug-likeness (QED) is 0.499. The average Bonchev–Trinajstić information content (AvgIpc) is 2.66. The molecule has 0 heterocycles. The molecular formula is C22H19BrN2O2S. The van der Waals surface area contributed by atoms with Crippen molar-refractivity contribution in [2.45, 2.75) is 23.1 Å². The maximum absolute atomic E-state index is 12.3. The van der Waals surface area contributed by atoms with Crippen molar-refractivity contribution in [3.8, 4) is 0 Å². The first-order valence-electron chi connectivity index (χ1n) is 8.68. The van der Waals surface area contributed by atoms with Gasteiger partial charge in [-0.1, -0.05) is 39.8 Å². The highest BCUT2D eigenvalue weighted by molar-refractivity contribution is 9.10. The molecule has 0 spiro atoms. The molecule has 0 fully saturated rings. The number of benzene rings is 3. The second kappa shape index (κ2) is 9.57. The van der Waals surface area contributed by atoms with Crippen molar-refractivity contribution in [3.05, 3.63) is 82.8 Å². The summed E-state index contributed by atoms with van der Waals surface area (Å²) >= 11 is 5.10. The van der Waals surface area contributed by atoms with Crippen LogP contribution in [0.2, 0.25) is 0 Å².